The lowest BCUT2D eigenvalue weighted by Crippen LogP contribution is -2.30. The molecule has 1 fully saturated rings. The third-order valence-electron chi connectivity index (χ3n) is 4.09. The Morgan fingerprint density at radius 3 is 2.50 bits per heavy atom. The number of hydrogen-bond donors (Lipinski definition) is 0. The Morgan fingerprint density at radius 1 is 0.955 bits per heavy atom. The van der Waals surface area contributed by atoms with Crippen molar-refractivity contribution in [2.45, 2.75) is 19.3 Å². The minimum absolute atomic E-state index is 0. The van der Waals surface area contributed by atoms with Gasteiger partial charge in [-0.15, -0.1) is 23.7 Å². The van der Waals surface area contributed by atoms with Crippen molar-refractivity contribution in [2.24, 2.45) is 0 Å². The lowest BCUT2D eigenvalue weighted by molar-refractivity contribution is 0.574. The first-order chi connectivity index (χ1) is 10.4. The summed E-state index contributed by atoms with van der Waals surface area (Å²) in [6, 6.07) is 10.6. The molecular weight excluding hydrogens is 314 g/mol. The van der Waals surface area contributed by atoms with E-state index in [2.05, 4.69) is 50.6 Å². The fourth-order valence-corrected chi connectivity index (χ4v) is 3.95. The van der Waals surface area contributed by atoms with E-state index in [0.717, 1.165) is 23.7 Å². The van der Waals surface area contributed by atoms with Crippen LogP contribution in [0.2, 0.25) is 0 Å². The predicted molar refractivity (Wildman–Crippen MR) is 96.2 cm³/mol. The number of thiophene rings is 1. The van der Waals surface area contributed by atoms with Crippen LogP contribution in [0.25, 0.3) is 21.3 Å². The average molecular weight is 332 g/mol. The number of halogens is 1. The van der Waals surface area contributed by atoms with Crippen molar-refractivity contribution < 1.29 is 0 Å². The summed E-state index contributed by atoms with van der Waals surface area (Å²) in [4.78, 5) is 12.6. The van der Waals surface area contributed by atoms with Gasteiger partial charge in [0.25, 0.3) is 0 Å². The van der Waals surface area contributed by atoms with Crippen LogP contribution in [0.5, 0.6) is 0 Å². The normalized spacial score (nSPS) is 14.8. The second-order valence-electron chi connectivity index (χ2n) is 5.44. The van der Waals surface area contributed by atoms with Crippen LogP contribution in [0, 0.1) is 0 Å². The molecule has 0 bridgehead atoms. The van der Waals surface area contributed by atoms with Crippen molar-refractivity contribution in [1.29, 1.82) is 0 Å². The molecule has 3 heterocycles. The van der Waals surface area contributed by atoms with Crippen LogP contribution in [0.1, 0.15) is 19.3 Å². The summed E-state index contributed by atoms with van der Waals surface area (Å²) in [5, 5.41) is 3.43. The van der Waals surface area contributed by atoms with E-state index in [-0.39, 0.29) is 12.4 Å². The fraction of sp³-hybridized carbons (Fsp3) is 0.294. The third kappa shape index (κ3) is 2.69. The smallest absolute Gasteiger partial charge is 0.141 e. The predicted octanol–water partition coefficient (Wildman–Crippen LogP) is 4.77. The van der Waals surface area contributed by atoms with Crippen molar-refractivity contribution in [3.05, 3.63) is 42.0 Å². The van der Waals surface area contributed by atoms with Gasteiger partial charge in [0.2, 0.25) is 0 Å². The fourth-order valence-electron chi connectivity index (χ4n) is 3.03. The molecule has 1 aliphatic rings. The molecule has 0 aliphatic carbocycles. The zero-order valence-electron chi connectivity index (χ0n) is 12.2. The minimum Gasteiger partial charge on any atom is -0.356 e. The SMILES string of the molecule is Cl.c1ccc(-c2csc3ncnc(N4CCCCC4)c23)cc1. The van der Waals surface area contributed by atoms with E-state index in [9.17, 15) is 0 Å². The van der Waals surface area contributed by atoms with Gasteiger partial charge in [-0.3, -0.25) is 0 Å². The molecule has 0 unspecified atom stereocenters. The summed E-state index contributed by atoms with van der Waals surface area (Å²) < 4.78 is 0. The Morgan fingerprint density at radius 2 is 1.73 bits per heavy atom. The Balaban J connectivity index is 0.00000144. The van der Waals surface area contributed by atoms with E-state index in [0.29, 0.717) is 0 Å². The molecule has 0 amide bonds. The minimum atomic E-state index is 0. The zero-order chi connectivity index (χ0) is 14.1. The molecule has 4 rings (SSSR count). The molecular formula is C17H18ClN3S. The maximum Gasteiger partial charge on any atom is 0.141 e. The number of hydrogen-bond acceptors (Lipinski definition) is 4. The largest absolute Gasteiger partial charge is 0.356 e. The van der Waals surface area contributed by atoms with Gasteiger partial charge in [0.05, 0.1) is 5.39 Å². The molecule has 1 saturated heterocycles. The quantitative estimate of drug-likeness (QED) is 0.677. The first kappa shape index (κ1) is 15.3. The molecule has 1 aliphatic heterocycles. The molecule has 22 heavy (non-hydrogen) atoms. The summed E-state index contributed by atoms with van der Waals surface area (Å²) in [7, 11) is 0. The Labute approximate surface area is 140 Å². The molecule has 114 valence electrons. The van der Waals surface area contributed by atoms with Crippen LogP contribution in [0.4, 0.5) is 5.82 Å². The van der Waals surface area contributed by atoms with Gasteiger partial charge in [-0.25, -0.2) is 9.97 Å². The number of anilines is 1. The Hall–Kier alpha value is -1.65. The molecule has 2 aromatic heterocycles. The molecule has 3 aromatic rings. The number of nitrogens with zero attached hydrogens (tertiary/aromatic N) is 3. The Kier molecular flexibility index (Phi) is 4.60. The number of piperidine rings is 1. The van der Waals surface area contributed by atoms with Crippen LogP contribution >= 0.6 is 23.7 Å². The summed E-state index contributed by atoms with van der Waals surface area (Å²) in [6.07, 6.45) is 5.56. The highest BCUT2D eigenvalue weighted by atomic mass is 35.5. The van der Waals surface area contributed by atoms with Gasteiger partial charge in [-0.05, 0) is 24.8 Å². The van der Waals surface area contributed by atoms with Gasteiger partial charge >= 0.3 is 0 Å². The Bertz CT molecular complexity index is 751. The van der Waals surface area contributed by atoms with Crippen molar-refractivity contribution in [3.63, 3.8) is 0 Å². The average Bonchev–Trinajstić information content (AvgIpc) is 3.00. The molecule has 0 radical (unpaired) electrons. The second-order valence-corrected chi connectivity index (χ2v) is 6.30. The van der Waals surface area contributed by atoms with Gasteiger partial charge in [0, 0.05) is 24.0 Å². The topological polar surface area (TPSA) is 29.0 Å². The lowest BCUT2D eigenvalue weighted by atomic mass is 10.1. The second kappa shape index (κ2) is 6.63. The number of aromatic nitrogens is 2. The first-order valence-corrected chi connectivity index (χ1v) is 8.34. The van der Waals surface area contributed by atoms with Crippen LogP contribution in [0.3, 0.4) is 0 Å². The van der Waals surface area contributed by atoms with Gasteiger partial charge in [0.1, 0.15) is 17.0 Å². The van der Waals surface area contributed by atoms with Gasteiger partial charge in [-0.1, -0.05) is 30.3 Å². The standard InChI is InChI=1S/C17H17N3S.ClH/c1-3-7-13(8-4-1)14-11-21-17-15(14)16(18-12-19-17)20-9-5-2-6-10-20;/h1,3-4,7-8,11-12H,2,5-6,9-10H2;1H. The van der Waals surface area contributed by atoms with Crippen LogP contribution < -0.4 is 4.90 Å². The highest BCUT2D eigenvalue weighted by Gasteiger charge is 2.19. The van der Waals surface area contributed by atoms with Crippen LogP contribution in [-0.4, -0.2) is 23.1 Å². The number of fused-ring (bicyclic) bond motifs is 1. The monoisotopic (exact) mass is 331 g/mol. The van der Waals surface area contributed by atoms with E-state index in [1.807, 2.05) is 0 Å². The van der Waals surface area contributed by atoms with Crippen LogP contribution in [-0.2, 0) is 0 Å². The van der Waals surface area contributed by atoms with E-state index in [1.54, 1.807) is 17.7 Å². The summed E-state index contributed by atoms with van der Waals surface area (Å²) >= 11 is 1.71. The number of rotatable bonds is 2. The van der Waals surface area contributed by atoms with Crippen molar-refractivity contribution in [1.82, 2.24) is 9.97 Å². The highest BCUT2D eigenvalue weighted by molar-refractivity contribution is 7.17. The first-order valence-electron chi connectivity index (χ1n) is 7.46. The van der Waals surface area contributed by atoms with Gasteiger partial charge < -0.3 is 4.90 Å². The molecule has 0 saturated carbocycles. The zero-order valence-corrected chi connectivity index (χ0v) is 13.9. The van der Waals surface area contributed by atoms with E-state index >= 15 is 0 Å². The van der Waals surface area contributed by atoms with Crippen molar-refractivity contribution >= 4 is 39.8 Å². The summed E-state index contributed by atoms with van der Waals surface area (Å²) in [5.74, 6) is 1.11. The molecule has 0 atom stereocenters. The maximum atomic E-state index is 4.61. The molecule has 0 N–H and O–H groups in total. The van der Waals surface area contributed by atoms with E-state index in [1.165, 1.54) is 35.8 Å². The van der Waals surface area contributed by atoms with Gasteiger partial charge in [-0.2, -0.15) is 0 Å². The lowest BCUT2D eigenvalue weighted by Gasteiger charge is -2.28. The third-order valence-corrected chi connectivity index (χ3v) is 4.98. The summed E-state index contributed by atoms with van der Waals surface area (Å²) in [6.45, 7) is 2.21. The molecule has 0 spiro atoms. The van der Waals surface area contributed by atoms with Gasteiger partial charge in [0.15, 0.2) is 0 Å². The van der Waals surface area contributed by atoms with Crippen molar-refractivity contribution in [3.8, 4) is 11.1 Å². The summed E-state index contributed by atoms with van der Waals surface area (Å²) in [5.41, 5.74) is 2.51. The van der Waals surface area contributed by atoms with Crippen LogP contribution in [0.15, 0.2) is 42.0 Å². The van der Waals surface area contributed by atoms with E-state index < -0.39 is 0 Å². The molecule has 1 aromatic carbocycles. The highest BCUT2D eigenvalue weighted by Crippen LogP contribution is 2.38. The van der Waals surface area contributed by atoms with E-state index in [4.69, 9.17) is 0 Å². The molecule has 3 nitrogen and oxygen atoms in total. The van der Waals surface area contributed by atoms with Crippen molar-refractivity contribution in [2.75, 3.05) is 18.0 Å². The number of benzene rings is 1. The maximum absolute atomic E-state index is 4.61. The molecule has 5 heteroatoms.